The zero-order chi connectivity index (χ0) is 15.5. The number of rotatable bonds is 4. The third-order valence-electron chi connectivity index (χ3n) is 2.87. The highest BCUT2D eigenvalue weighted by Crippen LogP contribution is 2.22. The Morgan fingerprint density at radius 3 is 2.68 bits per heavy atom. The van der Waals surface area contributed by atoms with Crippen molar-refractivity contribution in [3.8, 4) is 0 Å². The monoisotopic (exact) mass is 316 g/mol. The first-order valence-corrected chi connectivity index (χ1v) is 6.91. The number of nitrogens with one attached hydrogen (secondary N) is 2. The second-order valence-electron chi connectivity index (χ2n) is 4.70. The van der Waals surface area contributed by atoms with Crippen LogP contribution < -0.4 is 10.6 Å². The average molecular weight is 317 g/mol. The molecule has 0 radical (unpaired) electrons. The molecular formula is C14H13ClN6O. The van der Waals surface area contributed by atoms with Crippen LogP contribution >= 0.6 is 11.6 Å². The van der Waals surface area contributed by atoms with E-state index in [9.17, 15) is 0 Å². The topological polar surface area (TPSA) is 88.8 Å². The van der Waals surface area contributed by atoms with Gasteiger partial charge < -0.3 is 15.2 Å². The lowest BCUT2D eigenvalue weighted by molar-refractivity contribution is 0.400. The summed E-state index contributed by atoms with van der Waals surface area (Å²) in [6.45, 7) is 3.75. The minimum Gasteiger partial charge on any atom is -0.360 e. The quantitative estimate of drug-likeness (QED) is 0.759. The molecule has 0 saturated carbocycles. The molecule has 3 rings (SSSR count). The van der Waals surface area contributed by atoms with Crippen molar-refractivity contribution in [3.05, 3.63) is 46.8 Å². The number of hydrogen-bond donors (Lipinski definition) is 2. The van der Waals surface area contributed by atoms with Crippen molar-refractivity contribution in [1.29, 1.82) is 0 Å². The summed E-state index contributed by atoms with van der Waals surface area (Å²) >= 11 is 6.09. The molecule has 3 aromatic rings. The summed E-state index contributed by atoms with van der Waals surface area (Å²) in [5.41, 5.74) is 1.79. The second-order valence-corrected chi connectivity index (χ2v) is 5.11. The Morgan fingerprint density at radius 1 is 1.09 bits per heavy atom. The van der Waals surface area contributed by atoms with Crippen LogP contribution in [0.1, 0.15) is 11.3 Å². The van der Waals surface area contributed by atoms with E-state index in [1.54, 1.807) is 12.1 Å². The fourth-order valence-electron chi connectivity index (χ4n) is 1.77. The molecule has 0 fully saturated rings. The van der Waals surface area contributed by atoms with Crippen molar-refractivity contribution in [2.45, 2.75) is 13.8 Å². The SMILES string of the molecule is Cc1cc(Nc2cnnc(Nc3ccc(C)c(Cl)c3)n2)no1. The molecule has 0 amide bonds. The maximum absolute atomic E-state index is 6.09. The van der Waals surface area contributed by atoms with Crippen molar-refractivity contribution in [2.24, 2.45) is 0 Å². The first-order chi connectivity index (χ1) is 10.6. The van der Waals surface area contributed by atoms with Gasteiger partial charge in [-0.1, -0.05) is 22.8 Å². The van der Waals surface area contributed by atoms with Gasteiger partial charge in [0, 0.05) is 16.8 Å². The van der Waals surface area contributed by atoms with Gasteiger partial charge in [0.1, 0.15) is 5.76 Å². The summed E-state index contributed by atoms with van der Waals surface area (Å²) in [6, 6.07) is 7.38. The van der Waals surface area contributed by atoms with Gasteiger partial charge in [-0.15, -0.1) is 5.10 Å². The predicted octanol–water partition coefficient (Wildman–Crippen LogP) is 3.62. The van der Waals surface area contributed by atoms with E-state index in [2.05, 4.69) is 31.0 Å². The Morgan fingerprint density at radius 2 is 1.95 bits per heavy atom. The molecule has 112 valence electrons. The molecular weight excluding hydrogens is 304 g/mol. The van der Waals surface area contributed by atoms with Gasteiger partial charge in [0.25, 0.3) is 0 Å². The van der Waals surface area contributed by atoms with Gasteiger partial charge >= 0.3 is 0 Å². The van der Waals surface area contributed by atoms with Crippen LogP contribution in [-0.2, 0) is 0 Å². The molecule has 2 aromatic heterocycles. The lowest BCUT2D eigenvalue weighted by atomic mass is 10.2. The van der Waals surface area contributed by atoms with Crippen molar-refractivity contribution >= 4 is 34.9 Å². The van der Waals surface area contributed by atoms with E-state index in [0.29, 0.717) is 28.4 Å². The normalized spacial score (nSPS) is 10.5. The van der Waals surface area contributed by atoms with E-state index in [-0.39, 0.29) is 0 Å². The first kappa shape index (κ1) is 14.3. The third kappa shape index (κ3) is 3.32. The van der Waals surface area contributed by atoms with Gasteiger partial charge in [-0.3, -0.25) is 0 Å². The van der Waals surface area contributed by atoms with Crippen LogP contribution in [0.5, 0.6) is 0 Å². The zero-order valence-electron chi connectivity index (χ0n) is 12.0. The molecule has 0 saturated heterocycles. The summed E-state index contributed by atoms with van der Waals surface area (Å²) in [6.07, 6.45) is 1.50. The van der Waals surface area contributed by atoms with Gasteiger partial charge in [-0.2, -0.15) is 10.1 Å². The Balaban J connectivity index is 1.77. The highest BCUT2D eigenvalue weighted by Gasteiger charge is 2.05. The van der Waals surface area contributed by atoms with Crippen LogP contribution in [0.4, 0.5) is 23.3 Å². The largest absolute Gasteiger partial charge is 0.360 e. The Labute approximate surface area is 131 Å². The lowest BCUT2D eigenvalue weighted by Gasteiger charge is -2.07. The van der Waals surface area contributed by atoms with Crippen LogP contribution in [0, 0.1) is 13.8 Å². The Hall–Kier alpha value is -2.67. The van der Waals surface area contributed by atoms with Crippen LogP contribution in [-0.4, -0.2) is 20.3 Å². The molecule has 7 nitrogen and oxygen atoms in total. The van der Waals surface area contributed by atoms with Crippen LogP contribution in [0.25, 0.3) is 0 Å². The fourth-order valence-corrected chi connectivity index (χ4v) is 1.95. The summed E-state index contributed by atoms with van der Waals surface area (Å²) in [5, 5.41) is 18.4. The third-order valence-corrected chi connectivity index (χ3v) is 3.28. The van der Waals surface area contributed by atoms with E-state index < -0.39 is 0 Å². The fraction of sp³-hybridized carbons (Fsp3) is 0.143. The Bertz CT molecular complexity index is 804. The van der Waals surface area contributed by atoms with E-state index in [1.807, 2.05) is 26.0 Å². The molecule has 22 heavy (non-hydrogen) atoms. The molecule has 0 unspecified atom stereocenters. The van der Waals surface area contributed by atoms with Gasteiger partial charge in [-0.05, 0) is 31.5 Å². The van der Waals surface area contributed by atoms with Crippen molar-refractivity contribution in [2.75, 3.05) is 10.6 Å². The minimum atomic E-state index is 0.352. The number of nitrogens with zero attached hydrogens (tertiary/aromatic N) is 4. The molecule has 0 bridgehead atoms. The Kier molecular flexibility index (Phi) is 3.88. The highest BCUT2D eigenvalue weighted by atomic mass is 35.5. The van der Waals surface area contributed by atoms with Gasteiger partial charge in [0.05, 0.1) is 6.20 Å². The molecule has 0 spiro atoms. The van der Waals surface area contributed by atoms with Gasteiger partial charge in [-0.25, -0.2) is 0 Å². The van der Waals surface area contributed by atoms with Crippen molar-refractivity contribution in [1.82, 2.24) is 20.3 Å². The standard InChI is InChI=1S/C14H13ClN6O/c1-8-3-4-10(6-11(8)15)17-14-19-13(7-16-20-14)18-12-5-9(2)22-21-12/h3-7H,1-2H3,(H2,17,18,19,20,21). The summed E-state index contributed by atoms with van der Waals surface area (Å²) in [5.74, 6) is 2.12. The molecule has 0 aliphatic heterocycles. The predicted molar refractivity (Wildman–Crippen MR) is 83.8 cm³/mol. The number of benzene rings is 1. The molecule has 2 N–H and O–H groups in total. The van der Waals surface area contributed by atoms with Gasteiger partial charge in [0.2, 0.25) is 5.95 Å². The lowest BCUT2D eigenvalue weighted by Crippen LogP contribution is -2.02. The van der Waals surface area contributed by atoms with Crippen molar-refractivity contribution < 1.29 is 4.52 Å². The zero-order valence-corrected chi connectivity index (χ0v) is 12.7. The number of aryl methyl sites for hydroxylation is 2. The number of aromatic nitrogens is 4. The number of halogens is 1. The van der Waals surface area contributed by atoms with Gasteiger partial charge in [0.15, 0.2) is 11.6 Å². The van der Waals surface area contributed by atoms with Crippen molar-refractivity contribution in [3.63, 3.8) is 0 Å². The van der Waals surface area contributed by atoms with Crippen LogP contribution in [0.3, 0.4) is 0 Å². The minimum absolute atomic E-state index is 0.352. The molecule has 8 heteroatoms. The van der Waals surface area contributed by atoms with E-state index in [0.717, 1.165) is 11.3 Å². The summed E-state index contributed by atoms with van der Waals surface area (Å²) in [7, 11) is 0. The molecule has 2 heterocycles. The van der Waals surface area contributed by atoms with E-state index >= 15 is 0 Å². The average Bonchev–Trinajstić information content (AvgIpc) is 2.89. The first-order valence-electron chi connectivity index (χ1n) is 6.53. The second kappa shape index (κ2) is 5.98. The van der Waals surface area contributed by atoms with Crippen LogP contribution in [0.15, 0.2) is 35.0 Å². The number of hydrogen-bond acceptors (Lipinski definition) is 7. The highest BCUT2D eigenvalue weighted by molar-refractivity contribution is 6.31. The van der Waals surface area contributed by atoms with E-state index in [4.69, 9.17) is 16.1 Å². The molecule has 1 aromatic carbocycles. The maximum atomic E-state index is 6.09. The molecule has 0 aliphatic rings. The smallest absolute Gasteiger partial charge is 0.249 e. The summed E-state index contributed by atoms with van der Waals surface area (Å²) < 4.78 is 4.98. The van der Waals surface area contributed by atoms with E-state index in [1.165, 1.54) is 6.20 Å². The molecule has 0 aliphatic carbocycles. The molecule has 0 atom stereocenters. The van der Waals surface area contributed by atoms with Crippen LogP contribution in [0.2, 0.25) is 5.02 Å². The maximum Gasteiger partial charge on any atom is 0.249 e. The summed E-state index contributed by atoms with van der Waals surface area (Å²) in [4.78, 5) is 4.30. The number of anilines is 4.